The van der Waals surface area contributed by atoms with Gasteiger partial charge in [0.1, 0.15) is 36.4 Å². The summed E-state index contributed by atoms with van der Waals surface area (Å²) in [5, 5.41) is 3.65. The highest BCUT2D eigenvalue weighted by Crippen LogP contribution is 2.34. The molecule has 1 aliphatic heterocycles. The Kier molecular flexibility index (Phi) is 8.53. The van der Waals surface area contributed by atoms with Gasteiger partial charge in [-0.2, -0.15) is 0 Å². The molecule has 0 bridgehead atoms. The van der Waals surface area contributed by atoms with E-state index in [1.807, 2.05) is 6.92 Å². The van der Waals surface area contributed by atoms with Gasteiger partial charge in [0, 0.05) is 25.7 Å². The quantitative estimate of drug-likeness (QED) is 0.215. The smallest absolute Gasteiger partial charge is 0.303 e. The normalized spacial score (nSPS) is 28.4. The Hall–Kier alpha value is -1.97. The number of esters is 3. The van der Waals surface area contributed by atoms with Crippen molar-refractivity contribution in [3.63, 3.8) is 0 Å². The van der Waals surface area contributed by atoms with Crippen LogP contribution in [0.25, 0.3) is 10.4 Å². The molecule has 0 amide bonds. The fraction of sp³-hybridized carbons (Fsp3) is 0.786. The molecule has 0 aromatic heterocycles. The molecule has 1 fully saturated rings. The summed E-state index contributed by atoms with van der Waals surface area (Å²) >= 11 is 1.33. The Morgan fingerprint density at radius 3 is 2.20 bits per heavy atom. The Balaban J connectivity index is 3.20. The van der Waals surface area contributed by atoms with Gasteiger partial charge in [-0.3, -0.25) is 14.4 Å². The van der Waals surface area contributed by atoms with Crippen molar-refractivity contribution in [2.45, 2.75) is 57.5 Å². The highest BCUT2D eigenvalue weighted by molar-refractivity contribution is 7.99. The maximum atomic E-state index is 11.4. The summed E-state index contributed by atoms with van der Waals surface area (Å²) < 4.78 is 21.3. The van der Waals surface area contributed by atoms with Crippen molar-refractivity contribution in [3.8, 4) is 0 Å². The minimum atomic E-state index is -1.06. The topological polar surface area (TPSA) is 137 Å². The van der Waals surface area contributed by atoms with E-state index in [0.717, 1.165) is 0 Å². The summed E-state index contributed by atoms with van der Waals surface area (Å²) in [5.74, 6) is -1.13. The Bertz CT molecular complexity index is 553. The molecule has 25 heavy (non-hydrogen) atoms. The third kappa shape index (κ3) is 6.45. The lowest BCUT2D eigenvalue weighted by atomic mass is 9.97. The largest absolute Gasteiger partial charge is 0.463 e. The van der Waals surface area contributed by atoms with Crippen molar-refractivity contribution < 1.29 is 33.3 Å². The molecule has 1 aliphatic rings. The zero-order valence-electron chi connectivity index (χ0n) is 14.4. The summed E-state index contributed by atoms with van der Waals surface area (Å²) in [4.78, 5) is 36.8. The van der Waals surface area contributed by atoms with Gasteiger partial charge in [0.15, 0.2) is 0 Å². The van der Waals surface area contributed by atoms with E-state index >= 15 is 0 Å². The molecule has 0 N–H and O–H groups in total. The first-order chi connectivity index (χ1) is 11.8. The molecule has 3 unspecified atom stereocenters. The second kappa shape index (κ2) is 10.1. The summed E-state index contributed by atoms with van der Waals surface area (Å²) in [5.41, 5.74) is 8.22. The van der Waals surface area contributed by atoms with Gasteiger partial charge in [-0.1, -0.05) is 12.0 Å². The molecular weight excluding hydrogens is 354 g/mol. The SMILES string of the molecule is CCS[C@H]1OC(COC(C)=O)[C@H](OC(C)=O)C(N=[N+]=[N-])C1OC(C)=O. The van der Waals surface area contributed by atoms with Crippen LogP contribution in [0.3, 0.4) is 0 Å². The summed E-state index contributed by atoms with van der Waals surface area (Å²) in [6.07, 6.45) is -2.87. The predicted octanol–water partition coefficient (Wildman–Crippen LogP) is 1.57. The molecule has 0 saturated carbocycles. The molecule has 1 heterocycles. The first-order valence-corrected chi connectivity index (χ1v) is 8.64. The fourth-order valence-corrected chi connectivity index (χ4v) is 3.33. The van der Waals surface area contributed by atoms with Crippen molar-refractivity contribution >= 4 is 29.7 Å². The van der Waals surface area contributed by atoms with Gasteiger partial charge < -0.3 is 18.9 Å². The van der Waals surface area contributed by atoms with Gasteiger partial charge in [0.25, 0.3) is 0 Å². The van der Waals surface area contributed by atoms with E-state index in [1.165, 1.54) is 32.5 Å². The lowest BCUT2D eigenvalue weighted by Crippen LogP contribution is -2.59. The van der Waals surface area contributed by atoms with Gasteiger partial charge in [0.2, 0.25) is 0 Å². The highest BCUT2D eigenvalue weighted by atomic mass is 32.2. The van der Waals surface area contributed by atoms with Gasteiger partial charge >= 0.3 is 17.9 Å². The molecule has 0 spiro atoms. The minimum Gasteiger partial charge on any atom is -0.463 e. The van der Waals surface area contributed by atoms with E-state index in [0.29, 0.717) is 5.75 Å². The third-order valence-corrected chi connectivity index (χ3v) is 4.23. The lowest BCUT2D eigenvalue weighted by Gasteiger charge is -2.43. The van der Waals surface area contributed by atoms with Crippen LogP contribution in [-0.4, -0.2) is 60.1 Å². The molecular formula is C14H21N3O7S. The van der Waals surface area contributed by atoms with Crippen molar-refractivity contribution in [3.05, 3.63) is 10.4 Å². The van der Waals surface area contributed by atoms with Crippen LogP contribution in [0.15, 0.2) is 5.11 Å². The monoisotopic (exact) mass is 375 g/mol. The lowest BCUT2D eigenvalue weighted by molar-refractivity contribution is -0.201. The van der Waals surface area contributed by atoms with E-state index in [2.05, 4.69) is 10.0 Å². The number of hydrogen-bond donors (Lipinski definition) is 0. The number of rotatable bonds is 7. The van der Waals surface area contributed by atoms with Crippen LogP contribution in [0.1, 0.15) is 27.7 Å². The number of ether oxygens (including phenoxy) is 4. The summed E-state index contributed by atoms with van der Waals surface area (Å²) in [6, 6.07) is -1.02. The van der Waals surface area contributed by atoms with Gasteiger partial charge in [-0.15, -0.1) is 11.8 Å². The number of thioether (sulfide) groups is 1. The number of carbonyl (C=O) groups is 3. The molecule has 5 atom stereocenters. The van der Waals surface area contributed by atoms with E-state index in [-0.39, 0.29) is 6.61 Å². The van der Waals surface area contributed by atoms with Crippen molar-refractivity contribution in [2.75, 3.05) is 12.4 Å². The average Bonchev–Trinajstić information content (AvgIpc) is 2.50. The number of azide groups is 1. The number of nitrogens with zero attached hydrogens (tertiary/aromatic N) is 3. The maximum Gasteiger partial charge on any atom is 0.303 e. The zero-order valence-corrected chi connectivity index (χ0v) is 15.2. The van der Waals surface area contributed by atoms with Gasteiger partial charge in [0.05, 0.1) is 0 Å². The van der Waals surface area contributed by atoms with Gasteiger partial charge in [-0.25, -0.2) is 0 Å². The molecule has 1 rings (SSSR count). The van der Waals surface area contributed by atoms with E-state index in [1.54, 1.807) is 0 Å². The van der Waals surface area contributed by atoms with Crippen LogP contribution < -0.4 is 0 Å². The third-order valence-electron chi connectivity index (χ3n) is 3.19. The molecule has 140 valence electrons. The van der Waals surface area contributed by atoms with Crippen LogP contribution in [0.5, 0.6) is 0 Å². The molecule has 11 heteroatoms. The van der Waals surface area contributed by atoms with Crippen LogP contribution >= 0.6 is 11.8 Å². The second-order valence-corrected chi connectivity index (χ2v) is 6.52. The molecule has 0 radical (unpaired) electrons. The Labute approximate surface area is 149 Å². The van der Waals surface area contributed by atoms with Crippen LogP contribution in [0, 0.1) is 0 Å². The fourth-order valence-electron chi connectivity index (χ4n) is 2.37. The Morgan fingerprint density at radius 2 is 1.72 bits per heavy atom. The van der Waals surface area contributed by atoms with Crippen molar-refractivity contribution in [2.24, 2.45) is 5.11 Å². The molecule has 0 aromatic rings. The summed E-state index contributed by atoms with van der Waals surface area (Å²) in [7, 11) is 0. The number of carbonyl (C=O) groups excluding carboxylic acids is 3. The molecule has 10 nitrogen and oxygen atoms in total. The van der Waals surface area contributed by atoms with Crippen LogP contribution in [0.4, 0.5) is 0 Å². The predicted molar refractivity (Wildman–Crippen MR) is 87.5 cm³/mol. The van der Waals surface area contributed by atoms with Crippen molar-refractivity contribution in [1.82, 2.24) is 0 Å². The number of hydrogen-bond acceptors (Lipinski definition) is 9. The molecule has 0 aromatic carbocycles. The average molecular weight is 375 g/mol. The maximum absolute atomic E-state index is 11.4. The molecule has 1 saturated heterocycles. The van der Waals surface area contributed by atoms with E-state index in [4.69, 9.17) is 24.5 Å². The first kappa shape index (κ1) is 21.1. The van der Waals surface area contributed by atoms with Crippen LogP contribution in [0.2, 0.25) is 0 Å². The summed E-state index contributed by atoms with van der Waals surface area (Å²) in [6.45, 7) is 5.31. The van der Waals surface area contributed by atoms with Crippen molar-refractivity contribution in [1.29, 1.82) is 0 Å². The van der Waals surface area contributed by atoms with E-state index < -0.39 is 47.7 Å². The van der Waals surface area contributed by atoms with Gasteiger partial charge in [-0.05, 0) is 11.3 Å². The highest BCUT2D eigenvalue weighted by Gasteiger charge is 2.49. The molecule has 0 aliphatic carbocycles. The second-order valence-electron chi connectivity index (χ2n) is 5.14. The zero-order chi connectivity index (χ0) is 19.0. The van der Waals surface area contributed by atoms with Crippen LogP contribution in [-0.2, 0) is 33.3 Å². The van der Waals surface area contributed by atoms with E-state index in [9.17, 15) is 14.4 Å². The first-order valence-electron chi connectivity index (χ1n) is 7.59. The Morgan fingerprint density at radius 1 is 1.12 bits per heavy atom. The standard InChI is InChI=1S/C14H21N3O7S/c1-5-25-14-13(23-9(4)20)11(16-17-15)12(22-8(3)19)10(24-14)6-21-7(2)18/h10-14H,5-6H2,1-4H3/t10?,11?,12-,13?,14+/m0/s1. The minimum absolute atomic E-state index is 0.196.